The summed E-state index contributed by atoms with van der Waals surface area (Å²) >= 11 is 5.76. The average molecular weight is 228 g/mol. The molecule has 0 unspecified atom stereocenters. The van der Waals surface area contributed by atoms with Crippen molar-refractivity contribution in [1.82, 2.24) is 9.97 Å². The van der Waals surface area contributed by atoms with Crippen molar-refractivity contribution in [2.24, 2.45) is 5.92 Å². The van der Waals surface area contributed by atoms with Crippen molar-refractivity contribution in [2.45, 2.75) is 25.3 Å². The van der Waals surface area contributed by atoms with E-state index in [1.807, 2.05) is 0 Å². The summed E-state index contributed by atoms with van der Waals surface area (Å²) in [5, 5.41) is 12.9. The Labute approximate surface area is 93.7 Å². The molecule has 2 rings (SSSR count). The number of halogens is 1. The molecule has 1 fully saturated rings. The van der Waals surface area contributed by atoms with Gasteiger partial charge in [-0.1, -0.05) is 18.0 Å². The first-order valence-corrected chi connectivity index (χ1v) is 5.52. The topological polar surface area (TPSA) is 58.0 Å². The SMILES string of the molecule is OC[C@@H]1CCC[C@@H]1Nc1cc(Cl)ncn1. The average Bonchev–Trinajstić information content (AvgIpc) is 2.65. The molecule has 0 aliphatic heterocycles. The predicted molar refractivity (Wildman–Crippen MR) is 58.9 cm³/mol. The van der Waals surface area contributed by atoms with Crippen LogP contribution in [0.3, 0.4) is 0 Å². The predicted octanol–water partition coefficient (Wildman–Crippen LogP) is 1.70. The number of anilines is 1. The quantitative estimate of drug-likeness (QED) is 0.772. The summed E-state index contributed by atoms with van der Waals surface area (Å²) in [7, 11) is 0. The Bertz CT molecular complexity index is 334. The minimum atomic E-state index is 0.233. The maximum absolute atomic E-state index is 9.17. The Kier molecular flexibility index (Phi) is 3.38. The highest BCUT2D eigenvalue weighted by atomic mass is 35.5. The van der Waals surface area contributed by atoms with E-state index >= 15 is 0 Å². The summed E-state index contributed by atoms with van der Waals surface area (Å²) in [6.07, 6.45) is 4.75. The molecule has 1 aromatic heterocycles. The third kappa shape index (κ3) is 2.58. The number of aliphatic hydroxyl groups is 1. The fraction of sp³-hybridized carbons (Fsp3) is 0.600. The molecule has 0 saturated heterocycles. The van der Waals surface area contributed by atoms with Crippen LogP contribution >= 0.6 is 11.6 Å². The van der Waals surface area contributed by atoms with Crippen LogP contribution in [0.2, 0.25) is 5.15 Å². The molecule has 0 bridgehead atoms. The lowest BCUT2D eigenvalue weighted by Crippen LogP contribution is -2.26. The molecule has 1 aliphatic carbocycles. The van der Waals surface area contributed by atoms with Gasteiger partial charge in [-0.2, -0.15) is 0 Å². The summed E-state index contributed by atoms with van der Waals surface area (Å²) in [6, 6.07) is 2.01. The number of nitrogens with one attached hydrogen (secondary N) is 1. The molecule has 2 atom stereocenters. The van der Waals surface area contributed by atoms with Crippen LogP contribution in [0.15, 0.2) is 12.4 Å². The van der Waals surface area contributed by atoms with Crippen LogP contribution < -0.4 is 5.32 Å². The van der Waals surface area contributed by atoms with E-state index in [-0.39, 0.29) is 6.61 Å². The largest absolute Gasteiger partial charge is 0.396 e. The summed E-state index contributed by atoms with van der Waals surface area (Å²) in [4.78, 5) is 7.90. The van der Waals surface area contributed by atoms with Gasteiger partial charge >= 0.3 is 0 Å². The first-order valence-electron chi connectivity index (χ1n) is 5.14. The van der Waals surface area contributed by atoms with E-state index in [9.17, 15) is 5.11 Å². The molecular formula is C10H14ClN3O. The fourth-order valence-corrected chi connectivity index (χ4v) is 2.19. The Morgan fingerprint density at radius 1 is 1.47 bits per heavy atom. The Balaban J connectivity index is 2.02. The van der Waals surface area contributed by atoms with E-state index in [0.29, 0.717) is 17.1 Å². The van der Waals surface area contributed by atoms with E-state index in [0.717, 1.165) is 25.1 Å². The van der Waals surface area contributed by atoms with Gasteiger partial charge < -0.3 is 10.4 Å². The molecule has 1 aromatic rings. The van der Waals surface area contributed by atoms with Gasteiger partial charge in [-0.05, 0) is 12.8 Å². The maximum atomic E-state index is 9.17. The van der Waals surface area contributed by atoms with Crippen molar-refractivity contribution >= 4 is 17.4 Å². The van der Waals surface area contributed by atoms with E-state index in [4.69, 9.17) is 11.6 Å². The molecule has 1 saturated carbocycles. The first-order chi connectivity index (χ1) is 7.29. The fourth-order valence-electron chi connectivity index (χ4n) is 2.05. The molecule has 2 N–H and O–H groups in total. The second kappa shape index (κ2) is 4.77. The molecule has 0 radical (unpaired) electrons. The van der Waals surface area contributed by atoms with Crippen molar-refractivity contribution in [3.8, 4) is 0 Å². The second-order valence-corrected chi connectivity index (χ2v) is 4.24. The molecule has 0 aromatic carbocycles. The van der Waals surface area contributed by atoms with Gasteiger partial charge in [0.15, 0.2) is 0 Å². The first kappa shape index (κ1) is 10.6. The van der Waals surface area contributed by atoms with Gasteiger partial charge in [0.25, 0.3) is 0 Å². The molecule has 1 aliphatic rings. The minimum Gasteiger partial charge on any atom is -0.396 e. The van der Waals surface area contributed by atoms with Gasteiger partial charge in [0.05, 0.1) is 0 Å². The monoisotopic (exact) mass is 227 g/mol. The zero-order valence-corrected chi connectivity index (χ0v) is 9.11. The molecule has 4 nitrogen and oxygen atoms in total. The lowest BCUT2D eigenvalue weighted by atomic mass is 10.1. The van der Waals surface area contributed by atoms with Crippen LogP contribution in [-0.2, 0) is 0 Å². The highest BCUT2D eigenvalue weighted by Gasteiger charge is 2.26. The summed E-state index contributed by atoms with van der Waals surface area (Å²) in [5.41, 5.74) is 0. The van der Waals surface area contributed by atoms with Crippen molar-refractivity contribution in [2.75, 3.05) is 11.9 Å². The second-order valence-electron chi connectivity index (χ2n) is 3.85. The van der Waals surface area contributed by atoms with E-state index in [2.05, 4.69) is 15.3 Å². The zero-order chi connectivity index (χ0) is 10.7. The Morgan fingerprint density at radius 3 is 3.07 bits per heavy atom. The third-order valence-electron chi connectivity index (χ3n) is 2.86. The Morgan fingerprint density at radius 2 is 2.33 bits per heavy atom. The van der Waals surface area contributed by atoms with Crippen molar-refractivity contribution in [3.63, 3.8) is 0 Å². The number of rotatable bonds is 3. The number of hydrogen-bond acceptors (Lipinski definition) is 4. The third-order valence-corrected chi connectivity index (χ3v) is 3.07. The van der Waals surface area contributed by atoms with Gasteiger partial charge in [0, 0.05) is 24.6 Å². The van der Waals surface area contributed by atoms with Crippen molar-refractivity contribution in [1.29, 1.82) is 0 Å². The summed E-state index contributed by atoms with van der Waals surface area (Å²) < 4.78 is 0. The van der Waals surface area contributed by atoms with E-state index in [1.54, 1.807) is 6.07 Å². The van der Waals surface area contributed by atoms with Gasteiger partial charge in [0.1, 0.15) is 17.3 Å². The molecular weight excluding hydrogens is 214 g/mol. The van der Waals surface area contributed by atoms with Crippen LogP contribution in [0.5, 0.6) is 0 Å². The maximum Gasteiger partial charge on any atom is 0.134 e. The van der Waals surface area contributed by atoms with Gasteiger partial charge in [-0.3, -0.25) is 0 Å². The van der Waals surface area contributed by atoms with E-state index < -0.39 is 0 Å². The molecule has 5 heteroatoms. The number of hydrogen-bond donors (Lipinski definition) is 2. The lowest BCUT2D eigenvalue weighted by molar-refractivity contribution is 0.222. The van der Waals surface area contributed by atoms with Gasteiger partial charge in [-0.15, -0.1) is 0 Å². The van der Waals surface area contributed by atoms with Gasteiger partial charge in [0.2, 0.25) is 0 Å². The number of nitrogens with zero attached hydrogens (tertiary/aromatic N) is 2. The molecule has 0 amide bonds. The zero-order valence-electron chi connectivity index (χ0n) is 8.36. The standard InChI is InChI=1S/C10H14ClN3O/c11-9-4-10(13-6-12-9)14-8-3-1-2-7(8)5-15/h4,6-8,15H,1-3,5H2,(H,12,13,14)/t7-,8-/m0/s1. The summed E-state index contributed by atoms with van der Waals surface area (Å²) in [5.74, 6) is 1.07. The normalized spacial score (nSPS) is 25.5. The van der Waals surface area contributed by atoms with Gasteiger partial charge in [-0.25, -0.2) is 9.97 Å². The van der Waals surface area contributed by atoms with Crippen molar-refractivity contribution < 1.29 is 5.11 Å². The molecule has 15 heavy (non-hydrogen) atoms. The van der Waals surface area contributed by atoms with Crippen LogP contribution in [0.4, 0.5) is 5.82 Å². The number of aliphatic hydroxyl groups excluding tert-OH is 1. The van der Waals surface area contributed by atoms with Crippen LogP contribution in [-0.4, -0.2) is 27.7 Å². The molecule has 82 valence electrons. The highest BCUT2D eigenvalue weighted by molar-refractivity contribution is 6.29. The highest BCUT2D eigenvalue weighted by Crippen LogP contribution is 2.27. The minimum absolute atomic E-state index is 0.233. The van der Waals surface area contributed by atoms with Crippen LogP contribution in [0.25, 0.3) is 0 Å². The molecule has 0 spiro atoms. The van der Waals surface area contributed by atoms with Crippen LogP contribution in [0.1, 0.15) is 19.3 Å². The van der Waals surface area contributed by atoms with Crippen LogP contribution in [0, 0.1) is 5.92 Å². The number of aromatic nitrogens is 2. The lowest BCUT2D eigenvalue weighted by Gasteiger charge is -2.19. The van der Waals surface area contributed by atoms with E-state index in [1.165, 1.54) is 6.33 Å². The van der Waals surface area contributed by atoms with Crippen molar-refractivity contribution in [3.05, 3.63) is 17.5 Å². The molecule has 1 heterocycles. The smallest absolute Gasteiger partial charge is 0.134 e. The Hall–Kier alpha value is -0.870. The summed E-state index contributed by atoms with van der Waals surface area (Å²) in [6.45, 7) is 0.233.